The lowest BCUT2D eigenvalue weighted by Gasteiger charge is -2.05. The molecule has 0 bridgehead atoms. The van der Waals surface area contributed by atoms with Crippen LogP contribution in [0, 0.1) is 20.2 Å². The number of amides is 1. The summed E-state index contributed by atoms with van der Waals surface area (Å²) in [6.07, 6.45) is 1.66. The van der Waals surface area contributed by atoms with Crippen molar-refractivity contribution < 1.29 is 14.6 Å². The Labute approximate surface area is 140 Å². The number of nitro groups is 2. The number of hydrogen-bond donors (Lipinski definition) is 1. The van der Waals surface area contributed by atoms with Gasteiger partial charge in [0.2, 0.25) is 0 Å². The van der Waals surface area contributed by atoms with Gasteiger partial charge < -0.3 is 5.32 Å². The number of aromatic nitrogens is 1. The fraction of sp³-hybridized carbons (Fsp3) is 0.143. The van der Waals surface area contributed by atoms with E-state index in [9.17, 15) is 25.0 Å². The molecule has 24 heavy (non-hydrogen) atoms. The van der Waals surface area contributed by atoms with Crippen LogP contribution in [0.2, 0.25) is 0 Å². The Morgan fingerprint density at radius 2 is 1.79 bits per heavy atom. The van der Waals surface area contributed by atoms with Crippen LogP contribution in [0.4, 0.5) is 11.4 Å². The molecule has 1 aromatic heterocycles. The molecule has 0 atom stereocenters. The van der Waals surface area contributed by atoms with Crippen LogP contribution in [0.3, 0.4) is 0 Å². The summed E-state index contributed by atoms with van der Waals surface area (Å²) in [5.74, 6) is -0.0665. The number of hydrogen-bond acceptors (Lipinski definition) is 7. The van der Waals surface area contributed by atoms with Crippen LogP contribution >= 0.6 is 11.8 Å². The minimum Gasteiger partial charge on any atom is -0.351 e. The van der Waals surface area contributed by atoms with Gasteiger partial charge in [-0.2, -0.15) is 0 Å². The molecule has 0 aliphatic heterocycles. The van der Waals surface area contributed by atoms with Crippen LogP contribution in [-0.2, 0) is 0 Å². The molecular formula is C14H12N4O5S. The van der Waals surface area contributed by atoms with Crippen molar-refractivity contribution >= 4 is 29.0 Å². The van der Waals surface area contributed by atoms with Crippen LogP contribution in [0.15, 0.2) is 47.6 Å². The Hall–Kier alpha value is -3.01. The van der Waals surface area contributed by atoms with Crippen LogP contribution in [0.1, 0.15) is 10.4 Å². The third-order valence-electron chi connectivity index (χ3n) is 2.86. The van der Waals surface area contributed by atoms with Crippen molar-refractivity contribution in [2.45, 2.75) is 5.03 Å². The largest absolute Gasteiger partial charge is 0.351 e. The smallest absolute Gasteiger partial charge is 0.277 e. The van der Waals surface area contributed by atoms with Gasteiger partial charge in [0, 0.05) is 30.6 Å². The number of rotatable bonds is 7. The molecule has 0 aliphatic rings. The minimum atomic E-state index is -0.777. The zero-order chi connectivity index (χ0) is 17.5. The van der Waals surface area contributed by atoms with Crippen molar-refractivity contribution in [2.24, 2.45) is 0 Å². The summed E-state index contributed by atoms with van der Waals surface area (Å²) in [5.41, 5.74) is -1.13. The molecule has 0 spiro atoms. The van der Waals surface area contributed by atoms with Gasteiger partial charge in [0.25, 0.3) is 17.3 Å². The zero-order valence-electron chi connectivity index (χ0n) is 12.2. The standard InChI is InChI=1S/C14H12N4O5S/c19-14(16-5-6-24-13-3-1-2-4-15-13)10-7-11(17(20)21)9-12(8-10)18(22)23/h1-4,7-9H,5-6H2,(H,16,19). The molecule has 1 aromatic carbocycles. The van der Waals surface area contributed by atoms with E-state index < -0.39 is 27.1 Å². The predicted molar refractivity (Wildman–Crippen MR) is 87.0 cm³/mol. The highest BCUT2D eigenvalue weighted by atomic mass is 32.2. The molecule has 0 saturated heterocycles. The molecule has 9 nitrogen and oxygen atoms in total. The van der Waals surface area contributed by atoms with Gasteiger partial charge >= 0.3 is 0 Å². The maximum Gasteiger partial charge on any atom is 0.277 e. The first-order chi connectivity index (χ1) is 11.5. The molecule has 0 saturated carbocycles. The summed E-state index contributed by atoms with van der Waals surface area (Å²) in [6.45, 7) is 0.288. The van der Waals surface area contributed by atoms with Crippen LogP contribution < -0.4 is 5.32 Å². The van der Waals surface area contributed by atoms with Crippen LogP contribution in [0.5, 0.6) is 0 Å². The van der Waals surface area contributed by atoms with Crippen molar-refractivity contribution in [2.75, 3.05) is 12.3 Å². The summed E-state index contributed by atoms with van der Waals surface area (Å²) in [6, 6.07) is 8.30. The van der Waals surface area contributed by atoms with E-state index in [0.29, 0.717) is 5.75 Å². The maximum atomic E-state index is 12.0. The molecule has 0 unspecified atom stereocenters. The molecule has 0 aliphatic carbocycles. The monoisotopic (exact) mass is 348 g/mol. The van der Waals surface area contributed by atoms with Gasteiger partial charge in [-0.3, -0.25) is 25.0 Å². The van der Waals surface area contributed by atoms with Crippen molar-refractivity contribution in [1.82, 2.24) is 10.3 Å². The van der Waals surface area contributed by atoms with Crippen molar-refractivity contribution in [1.29, 1.82) is 0 Å². The van der Waals surface area contributed by atoms with E-state index in [4.69, 9.17) is 0 Å². The molecular weight excluding hydrogens is 336 g/mol. The van der Waals surface area contributed by atoms with E-state index >= 15 is 0 Å². The first kappa shape index (κ1) is 17.3. The highest BCUT2D eigenvalue weighted by Crippen LogP contribution is 2.22. The number of non-ortho nitro benzene ring substituents is 2. The van der Waals surface area contributed by atoms with Crippen LogP contribution in [0.25, 0.3) is 0 Å². The van der Waals surface area contributed by atoms with Gasteiger partial charge in [-0.1, -0.05) is 6.07 Å². The minimum absolute atomic E-state index is 0.126. The molecule has 1 N–H and O–H groups in total. The molecule has 1 heterocycles. The van der Waals surface area contributed by atoms with Gasteiger partial charge in [-0.05, 0) is 12.1 Å². The third-order valence-corrected chi connectivity index (χ3v) is 3.81. The fourth-order valence-corrected chi connectivity index (χ4v) is 2.52. The number of nitrogens with zero attached hydrogens (tertiary/aromatic N) is 3. The molecule has 0 radical (unpaired) electrons. The topological polar surface area (TPSA) is 128 Å². The summed E-state index contributed by atoms with van der Waals surface area (Å²) in [7, 11) is 0. The van der Waals surface area contributed by atoms with Gasteiger partial charge in [-0.25, -0.2) is 4.98 Å². The summed E-state index contributed by atoms with van der Waals surface area (Å²) < 4.78 is 0. The van der Waals surface area contributed by atoms with Crippen molar-refractivity contribution in [3.8, 4) is 0 Å². The lowest BCUT2D eigenvalue weighted by atomic mass is 10.1. The van der Waals surface area contributed by atoms with Gasteiger partial charge in [0.15, 0.2) is 0 Å². The SMILES string of the molecule is O=C(NCCSc1ccccn1)c1cc([N+](=O)[O-])cc([N+](=O)[O-])c1. The van der Waals surface area contributed by atoms with E-state index in [1.54, 1.807) is 12.3 Å². The fourth-order valence-electron chi connectivity index (χ4n) is 1.79. The number of benzene rings is 1. The Morgan fingerprint density at radius 1 is 1.12 bits per heavy atom. The average molecular weight is 348 g/mol. The average Bonchev–Trinajstić information content (AvgIpc) is 2.59. The number of nitrogens with one attached hydrogen (secondary N) is 1. The van der Waals surface area contributed by atoms with Crippen molar-refractivity contribution in [3.63, 3.8) is 0 Å². The normalized spacial score (nSPS) is 10.2. The first-order valence-electron chi connectivity index (χ1n) is 6.73. The number of thioether (sulfide) groups is 1. The van der Waals surface area contributed by atoms with Gasteiger partial charge in [0.1, 0.15) is 0 Å². The van der Waals surface area contributed by atoms with Crippen LogP contribution in [-0.4, -0.2) is 33.0 Å². The highest BCUT2D eigenvalue weighted by Gasteiger charge is 2.19. The van der Waals surface area contributed by atoms with E-state index in [1.807, 2.05) is 12.1 Å². The lowest BCUT2D eigenvalue weighted by molar-refractivity contribution is -0.394. The second-order valence-electron chi connectivity index (χ2n) is 4.52. The number of carbonyl (C=O) groups is 1. The maximum absolute atomic E-state index is 12.0. The van der Waals surface area contributed by atoms with E-state index in [2.05, 4.69) is 10.3 Å². The van der Waals surface area contributed by atoms with Gasteiger partial charge in [0.05, 0.1) is 26.5 Å². The number of carbonyl (C=O) groups excluding carboxylic acids is 1. The highest BCUT2D eigenvalue weighted by molar-refractivity contribution is 7.99. The first-order valence-corrected chi connectivity index (χ1v) is 7.72. The summed E-state index contributed by atoms with van der Waals surface area (Å²) >= 11 is 1.43. The Bertz CT molecular complexity index is 737. The van der Waals surface area contributed by atoms with E-state index in [-0.39, 0.29) is 12.1 Å². The van der Waals surface area contributed by atoms with Gasteiger partial charge in [-0.15, -0.1) is 11.8 Å². The van der Waals surface area contributed by atoms with E-state index in [1.165, 1.54) is 11.8 Å². The second kappa shape index (κ2) is 8.02. The lowest BCUT2D eigenvalue weighted by Crippen LogP contribution is -2.25. The third kappa shape index (κ3) is 4.74. The zero-order valence-corrected chi connectivity index (χ0v) is 13.1. The Balaban J connectivity index is 1.98. The quantitative estimate of drug-likeness (QED) is 0.352. The summed E-state index contributed by atoms with van der Waals surface area (Å²) in [5, 5.41) is 25.0. The van der Waals surface area contributed by atoms with E-state index in [0.717, 1.165) is 23.2 Å². The van der Waals surface area contributed by atoms with Crippen molar-refractivity contribution in [3.05, 3.63) is 68.4 Å². The molecule has 2 rings (SSSR count). The predicted octanol–water partition coefficient (Wildman–Crippen LogP) is 2.42. The number of nitro benzene ring substituents is 2. The Kier molecular flexibility index (Phi) is 5.79. The number of pyridine rings is 1. The molecule has 124 valence electrons. The Morgan fingerprint density at radius 3 is 2.33 bits per heavy atom. The summed E-state index contributed by atoms with van der Waals surface area (Å²) in [4.78, 5) is 36.2. The molecule has 2 aromatic rings. The molecule has 0 fully saturated rings. The molecule has 1 amide bonds. The molecule has 10 heteroatoms. The second-order valence-corrected chi connectivity index (χ2v) is 5.64.